The van der Waals surface area contributed by atoms with Gasteiger partial charge in [0.1, 0.15) is 5.82 Å². The quantitative estimate of drug-likeness (QED) is 0.669. The number of hydrogen-bond donors (Lipinski definition) is 1. The predicted octanol–water partition coefficient (Wildman–Crippen LogP) is 1.99. The van der Waals surface area contributed by atoms with Crippen molar-refractivity contribution in [2.24, 2.45) is 0 Å². The number of aromatic nitrogens is 2. The van der Waals surface area contributed by atoms with E-state index in [0.29, 0.717) is 5.82 Å². The average Bonchev–Trinajstić information content (AvgIpc) is 2.47. The molecule has 1 aromatic heterocycles. The first-order valence-corrected chi connectivity index (χ1v) is 5.47. The third kappa shape index (κ3) is 3.07. The van der Waals surface area contributed by atoms with Gasteiger partial charge in [0.15, 0.2) is 5.69 Å². The summed E-state index contributed by atoms with van der Waals surface area (Å²) in [6.07, 6.45) is 8.12. The number of nitrogens with zero attached hydrogens (tertiary/aromatic N) is 2. The Labute approximate surface area is 110 Å². The van der Waals surface area contributed by atoms with E-state index in [1.165, 1.54) is 19.5 Å². The Morgan fingerprint density at radius 3 is 2.84 bits per heavy atom. The van der Waals surface area contributed by atoms with Gasteiger partial charge in [-0.3, -0.25) is 0 Å². The maximum Gasteiger partial charge on any atom is 0.358 e. The van der Waals surface area contributed by atoms with Crippen LogP contribution in [0.15, 0.2) is 36.7 Å². The largest absolute Gasteiger partial charge is 0.464 e. The van der Waals surface area contributed by atoms with Crippen LogP contribution in [0.4, 0.5) is 11.5 Å². The average molecular weight is 253 g/mol. The molecule has 5 nitrogen and oxygen atoms in total. The van der Waals surface area contributed by atoms with Gasteiger partial charge >= 0.3 is 5.97 Å². The zero-order valence-electron chi connectivity index (χ0n) is 10.3. The standard InChI is InChI=1S/C14H11N3O2/c1-3-10-5-4-6-11(7-10)17-13-9-15-12(8-16-13)14(18)19-2/h1,4-9H,2H3,(H,16,17). The van der Waals surface area contributed by atoms with E-state index in [0.717, 1.165) is 11.3 Å². The Morgan fingerprint density at radius 2 is 2.21 bits per heavy atom. The lowest BCUT2D eigenvalue weighted by molar-refractivity contribution is 0.0593. The molecule has 1 heterocycles. The minimum Gasteiger partial charge on any atom is -0.464 e. The molecule has 0 radical (unpaired) electrons. The number of rotatable bonds is 3. The Hall–Kier alpha value is -2.87. The van der Waals surface area contributed by atoms with E-state index in [1.54, 1.807) is 0 Å². The molecule has 0 aliphatic heterocycles. The highest BCUT2D eigenvalue weighted by molar-refractivity contribution is 5.86. The van der Waals surface area contributed by atoms with Crippen molar-refractivity contribution in [1.82, 2.24) is 9.97 Å². The van der Waals surface area contributed by atoms with Gasteiger partial charge in [0, 0.05) is 11.3 Å². The monoisotopic (exact) mass is 253 g/mol. The topological polar surface area (TPSA) is 64.1 Å². The van der Waals surface area contributed by atoms with Gasteiger partial charge in [0.2, 0.25) is 0 Å². The van der Waals surface area contributed by atoms with Gasteiger partial charge in [0.25, 0.3) is 0 Å². The lowest BCUT2D eigenvalue weighted by Gasteiger charge is -2.05. The van der Waals surface area contributed by atoms with Crippen molar-refractivity contribution in [3.05, 3.63) is 47.9 Å². The lowest BCUT2D eigenvalue weighted by Crippen LogP contribution is -2.05. The molecule has 0 saturated heterocycles. The molecule has 0 saturated carbocycles. The molecule has 1 aromatic carbocycles. The minimum atomic E-state index is -0.520. The van der Waals surface area contributed by atoms with E-state index in [1.807, 2.05) is 24.3 Å². The number of terminal acetylenes is 1. The van der Waals surface area contributed by atoms with Gasteiger partial charge in [0.05, 0.1) is 19.5 Å². The first-order valence-electron chi connectivity index (χ1n) is 5.47. The summed E-state index contributed by atoms with van der Waals surface area (Å²) in [5.74, 6) is 2.54. The van der Waals surface area contributed by atoms with E-state index in [-0.39, 0.29) is 5.69 Å². The molecule has 1 N–H and O–H groups in total. The van der Waals surface area contributed by atoms with Crippen LogP contribution in [0.2, 0.25) is 0 Å². The summed E-state index contributed by atoms with van der Waals surface area (Å²) in [6.45, 7) is 0. The molecule has 19 heavy (non-hydrogen) atoms. The van der Waals surface area contributed by atoms with Crippen molar-refractivity contribution >= 4 is 17.5 Å². The molecule has 5 heteroatoms. The van der Waals surface area contributed by atoms with Crippen molar-refractivity contribution in [2.45, 2.75) is 0 Å². The van der Waals surface area contributed by atoms with Gasteiger partial charge < -0.3 is 10.1 Å². The number of esters is 1. The Balaban J connectivity index is 2.15. The van der Waals surface area contributed by atoms with E-state index < -0.39 is 5.97 Å². The Kier molecular flexibility index (Phi) is 3.74. The van der Waals surface area contributed by atoms with Gasteiger partial charge in [-0.15, -0.1) is 6.42 Å². The Morgan fingerprint density at radius 1 is 1.37 bits per heavy atom. The first-order chi connectivity index (χ1) is 9.22. The van der Waals surface area contributed by atoms with Crippen LogP contribution < -0.4 is 5.32 Å². The number of carbonyl (C=O) groups excluding carboxylic acids is 1. The van der Waals surface area contributed by atoms with Gasteiger partial charge in [-0.2, -0.15) is 0 Å². The van der Waals surface area contributed by atoms with Crippen LogP contribution in [0.25, 0.3) is 0 Å². The van der Waals surface area contributed by atoms with Crippen LogP contribution in [0.5, 0.6) is 0 Å². The highest BCUT2D eigenvalue weighted by atomic mass is 16.5. The molecule has 0 bridgehead atoms. The van der Waals surface area contributed by atoms with Crippen molar-refractivity contribution in [3.63, 3.8) is 0 Å². The van der Waals surface area contributed by atoms with E-state index in [2.05, 4.69) is 25.9 Å². The molecule has 2 rings (SSSR count). The molecule has 94 valence electrons. The van der Waals surface area contributed by atoms with Crippen LogP contribution in [0.3, 0.4) is 0 Å². The molecule has 0 unspecified atom stereocenters. The van der Waals surface area contributed by atoms with E-state index in [9.17, 15) is 4.79 Å². The predicted molar refractivity (Wildman–Crippen MR) is 71.0 cm³/mol. The smallest absolute Gasteiger partial charge is 0.358 e. The highest BCUT2D eigenvalue weighted by Gasteiger charge is 2.07. The lowest BCUT2D eigenvalue weighted by atomic mass is 10.2. The second kappa shape index (κ2) is 5.65. The van der Waals surface area contributed by atoms with E-state index >= 15 is 0 Å². The first kappa shape index (κ1) is 12.6. The molecule has 0 aliphatic carbocycles. The summed E-state index contributed by atoms with van der Waals surface area (Å²) >= 11 is 0. The number of hydrogen-bond acceptors (Lipinski definition) is 5. The fourth-order valence-corrected chi connectivity index (χ4v) is 1.44. The second-order valence-electron chi connectivity index (χ2n) is 3.63. The summed E-state index contributed by atoms with van der Waals surface area (Å²) < 4.78 is 4.54. The van der Waals surface area contributed by atoms with Crippen molar-refractivity contribution < 1.29 is 9.53 Å². The number of ether oxygens (including phenoxy) is 1. The zero-order chi connectivity index (χ0) is 13.7. The Bertz CT molecular complexity index is 630. The summed E-state index contributed by atoms with van der Waals surface area (Å²) in [6, 6.07) is 7.34. The van der Waals surface area contributed by atoms with Gasteiger partial charge in [-0.05, 0) is 18.2 Å². The molecule has 0 fully saturated rings. The summed E-state index contributed by atoms with van der Waals surface area (Å²) in [4.78, 5) is 19.2. The number of methoxy groups -OCH3 is 1. The van der Waals surface area contributed by atoms with Gasteiger partial charge in [-0.1, -0.05) is 12.0 Å². The molecule has 0 atom stereocenters. The van der Waals surface area contributed by atoms with Crippen LogP contribution in [0, 0.1) is 12.3 Å². The fraction of sp³-hybridized carbons (Fsp3) is 0.0714. The van der Waals surface area contributed by atoms with Crippen molar-refractivity contribution in [1.29, 1.82) is 0 Å². The van der Waals surface area contributed by atoms with E-state index in [4.69, 9.17) is 6.42 Å². The molecule has 0 aliphatic rings. The SMILES string of the molecule is C#Cc1cccc(Nc2cnc(C(=O)OC)cn2)c1. The summed E-state index contributed by atoms with van der Waals surface area (Å²) in [5, 5.41) is 3.04. The van der Waals surface area contributed by atoms with Gasteiger partial charge in [-0.25, -0.2) is 14.8 Å². The second-order valence-corrected chi connectivity index (χ2v) is 3.63. The number of anilines is 2. The molecule has 0 amide bonds. The minimum absolute atomic E-state index is 0.158. The van der Waals surface area contributed by atoms with Crippen molar-refractivity contribution in [3.8, 4) is 12.3 Å². The maximum absolute atomic E-state index is 11.2. The molecular weight excluding hydrogens is 242 g/mol. The number of benzene rings is 1. The maximum atomic E-state index is 11.2. The fourth-order valence-electron chi connectivity index (χ4n) is 1.44. The molecular formula is C14H11N3O2. The summed E-state index contributed by atoms with van der Waals surface area (Å²) in [5.41, 5.74) is 1.73. The van der Waals surface area contributed by atoms with Crippen LogP contribution >= 0.6 is 0 Å². The number of nitrogens with one attached hydrogen (secondary N) is 1. The highest BCUT2D eigenvalue weighted by Crippen LogP contribution is 2.15. The molecule has 0 spiro atoms. The van der Waals surface area contributed by atoms with Crippen LogP contribution in [0.1, 0.15) is 16.1 Å². The number of carbonyl (C=O) groups is 1. The third-order valence-electron chi connectivity index (χ3n) is 2.35. The van der Waals surface area contributed by atoms with Crippen molar-refractivity contribution in [2.75, 3.05) is 12.4 Å². The summed E-state index contributed by atoms with van der Waals surface area (Å²) in [7, 11) is 1.29. The third-order valence-corrected chi connectivity index (χ3v) is 2.35. The zero-order valence-corrected chi connectivity index (χ0v) is 10.3. The van der Waals surface area contributed by atoms with Crippen LogP contribution in [-0.4, -0.2) is 23.0 Å². The van der Waals surface area contributed by atoms with Crippen LogP contribution in [-0.2, 0) is 4.74 Å². The molecule has 2 aromatic rings. The normalized spacial score (nSPS) is 9.47.